The highest BCUT2D eigenvalue weighted by atomic mass is 16.5. The highest BCUT2D eigenvalue weighted by Crippen LogP contribution is 1.96. The SMILES string of the molecule is CNCC(C)OCC(=O)NCCC(C)C. The normalized spacial score (nSPS) is 12.9. The summed E-state index contributed by atoms with van der Waals surface area (Å²) in [7, 11) is 1.86. The van der Waals surface area contributed by atoms with Crippen molar-refractivity contribution in [2.75, 3.05) is 26.7 Å². The van der Waals surface area contributed by atoms with Gasteiger partial charge in [0.1, 0.15) is 6.61 Å². The number of ether oxygens (including phenoxy) is 1. The number of rotatable bonds is 8. The van der Waals surface area contributed by atoms with E-state index in [4.69, 9.17) is 4.74 Å². The van der Waals surface area contributed by atoms with Gasteiger partial charge in [-0.05, 0) is 26.3 Å². The quantitative estimate of drug-likeness (QED) is 0.630. The van der Waals surface area contributed by atoms with Crippen molar-refractivity contribution in [1.29, 1.82) is 0 Å². The molecule has 2 N–H and O–H groups in total. The van der Waals surface area contributed by atoms with Crippen LogP contribution in [-0.2, 0) is 9.53 Å². The fraction of sp³-hybridized carbons (Fsp3) is 0.909. The van der Waals surface area contributed by atoms with Gasteiger partial charge in [-0.25, -0.2) is 0 Å². The molecule has 0 aromatic rings. The second-order valence-corrected chi connectivity index (χ2v) is 4.21. The van der Waals surface area contributed by atoms with Crippen molar-refractivity contribution in [3.05, 3.63) is 0 Å². The van der Waals surface area contributed by atoms with E-state index in [1.807, 2.05) is 14.0 Å². The van der Waals surface area contributed by atoms with Crippen molar-refractivity contribution >= 4 is 5.91 Å². The van der Waals surface area contributed by atoms with Crippen LogP contribution in [0.1, 0.15) is 27.2 Å². The highest BCUT2D eigenvalue weighted by Gasteiger charge is 2.05. The number of hydrogen-bond acceptors (Lipinski definition) is 3. The molecule has 0 aliphatic rings. The van der Waals surface area contributed by atoms with Crippen LogP contribution in [-0.4, -0.2) is 38.8 Å². The second kappa shape index (κ2) is 8.68. The van der Waals surface area contributed by atoms with Crippen molar-refractivity contribution in [3.8, 4) is 0 Å². The summed E-state index contributed by atoms with van der Waals surface area (Å²) in [6, 6.07) is 0. The molecule has 0 aromatic carbocycles. The lowest BCUT2D eigenvalue weighted by Gasteiger charge is -2.12. The molecule has 90 valence electrons. The molecule has 0 heterocycles. The fourth-order valence-corrected chi connectivity index (χ4v) is 1.12. The molecule has 1 amide bonds. The molecule has 15 heavy (non-hydrogen) atoms. The Morgan fingerprint density at radius 2 is 2.00 bits per heavy atom. The van der Waals surface area contributed by atoms with Gasteiger partial charge in [0.2, 0.25) is 5.91 Å². The van der Waals surface area contributed by atoms with E-state index < -0.39 is 0 Å². The van der Waals surface area contributed by atoms with Gasteiger partial charge in [-0.15, -0.1) is 0 Å². The molecule has 1 unspecified atom stereocenters. The Labute approximate surface area is 92.8 Å². The summed E-state index contributed by atoms with van der Waals surface area (Å²) < 4.78 is 5.33. The Bertz CT molecular complexity index is 172. The first kappa shape index (κ1) is 14.4. The minimum absolute atomic E-state index is 0.0291. The molecule has 0 aliphatic heterocycles. The van der Waals surface area contributed by atoms with Gasteiger partial charge in [0.25, 0.3) is 0 Å². The van der Waals surface area contributed by atoms with E-state index in [0.717, 1.165) is 19.5 Å². The zero-order valence-corrected chi connectivity index (χ0v) is 10.3. The maximum Gasteiger partial charge on any atom is 0.246 e. The molecule has 4 heteroatoms. The summed E-state index contributed by atoms with van der Waals surface area (Å²) >= 11 is 0. The van der Waals surface area contributed by atoms with Gasteiger partial charge in [0.05, 0.1) is 6.10 Å². The minimum Gasteiger partial charge on any atom is -0.367 e. The van der Waals surface area contributed by atoms with Crippen LogP contribution in [0, 0.1) is 5.92 Å². The van der Waals surface area contributed by atoms with Crippen LogP contribution in [0.5, 0.6) is 0 Å². The fourth-order valence-electron chi connectivity index (χ4n) is 1.12. The first-order valence-corrected chi connectivity index (χ1v) is 5.59. The van der Waals surface area contributed by atoms with E-state index in [1.54, 1.807) is 0 Å². The van der Waals surface area contributed by atoms with Crippen LogP contribution in [0.4, 0.5) is 0 Å². The average Bonchev–Trinajstić information content (AvgIpc) is 2.14. The van der Waals surface area contributed by atoms with Crippen molar-refractivity contribution in [2.45, 2.75) is 33.3 Å². The van der Waals surface area contributed by atoms with Gasteiger partial charge in [-0.2, -0.15) is 0 Å². The zero-order chi connectivity index (χ0) is 11.7. The summed E-state index contributed by atoms with van der Waals surface area (Å²) in [5.41, 5.74) is 0. The highest BCUT2D eigenvalue weighted by molar-refractivity contribution is 5.77. The Balaban J connectivity index is 3.40. The number of nitrogens with one attached hydrogen (secondary N) is 2. The summed E-state index contributed by atoms with van der Waals surface area (Å²) in [5.74, 6) is 0.591. The number of hydrogen-bond donors (Lipinski definition) is 2. The number of carbonyl (C=O) groups is 1. The van der Waals surface area contributed by atoms with Crippen LogP contribution in [0.15, 0.2) is 0 Å². The molecule has 0 aromatic heterocycles. The van der Waals surface area contributed by atoms with Gasteiger partial charge >= 0.3 is 0 Å². The lowest BCUT2D eigenvalue weighted by Crippen LogP contribution is -2.32. The van der Waals surface area contributed by atoms with Gasteiger partial charge in [-0.1, -0.05) is 13.8 Å². The van der Waals surface area contributed by atoms with Gasteiger partial charge in [-0.3, -0.25) is 4.79 Å². The summed E-state index contributed by atoms with van der Waals surface area (Å²) in [6.45, 7) is 7.87. The zero-order valence-electron chi connectivity index (χ0n) is 10.3. The third kappa shape index (κ3) is 9.69. The largest absolute Gasteiger partial charge is 0.367 e. The van der Waals surface area contributed by atoms with Crippen molar-refractivity contribution in [3.63, 3.8) is 0 Å². The van der Waals surface area contributed by atoms with Crippen LogP contribution in [0.2, 0.25) is 0 Å². The first-order chi connectivity index (χ1) is 7.06. The minimum atomic E-state index is -0.0291. The molecular formula is C11H24N2O2. The van der Waals surface area contributed by atoms with E-state index in [1.165, 1.54) is 0 Å². The van der Waals surface area contributed by atoms with Crippen LogP contribution in [0.3, 0.4) is 0 Å². The van der Waals surface area contributed by atoms with Gasteiger partial charge in [0, 0.05) is 13.1 Å². The monoisotopic (exact) mass is 216 g/mol. The predicted octanol–water partition coefficient (Wildman–Crippen LogP) is 0.773. The Morgan fingerprint density at radius 1 is 1.33 bits per heavy atom. The van der Waals surface area contributed by atoms with Gasteiger partial charge < -0.3 is 15.4 Å². The summed E-state index contributed by atoms with van der Waals surface area (Å²) in [5, 5.41) is 5.82. The molecule has 1 atom stereocenters. The van der Waals surface area contributed by atoms with Crippen molar-refractivity contribution in [1.82, 2.24) is 10.6 Å². The van der Waals surface area contributed by atoms with E-state index in [0.29, 0.717) is 5.92 Å². The molecule has 0 radical (unpaired) electrons. The third-order valence-corrected chi connectivity index (χ3v) is 2.03. The van der Waals surface area contributed by atoms with Gasteiger partial charge in [0.15, 0.2) is 0 Å². The maximum atomic E-state index is 11.3. The summed E-state index contributed by atoms with van der Waals surface area (Å²) in [4.78, 5) is 11.3. The molecule has 0 spiro atoms. The van der Waals surface area contributed by atoms with E-state index in [2.05, 4.69) is 24.5 Å². The first-order valence-electron chi connectivity index (χ1n) is 5.59. The standard InChI is InChI=1S/C11H24N2O2/c1-9(2)5-6-13-11(14)8-15-10(3)7-12-4/h9-10,12H,5-8H2,1-4H3,(H,13,14). The third-order valence-electron chi connectivity index (χ3n) is 2.03. The maximum absolute atomic E-state index is 11.3. The Morgan fingerprint density at radius 3 is 2.53 bits per heavy atom. The molecule has 0 rings (SSSR count). The predicted molar refractivity (Wildman–Crippen MR) is 61.8 cm³/mol. The van der Waals surface area contributed by atoms with Crippen LogP contribution < -0.4 is 10.6 Å². The lowest BCUT2D eigenvalue weighted by molar-refractivity contribution is -0.127. The molecule has 0 saturated carbocycles. The Hall–Kier alpha value is -0.610. The second-order valence-electron chi connectivity index (χ2n) is 4.21. The van der Waals surface area contributed by atoms with Crippen LogP contribution >= 0.6 is 0 Å². The molecule has 0 bridgehead atoms. The molecule has 0 aliphatic carbocycles. The van der Waals surface area contributed by atoms with Crippen molar-refractivity contribution < 1.29 is 9.53 Å². The molecule has 0 saturated heterocycles. The Kier molecular flexibility index (Phi) is 8.33. The lowest BCUT2D eigenvalue weighted by atomic mass is 10.1. The molecular weight excluding hydrogens is 192 g/mol. The number of amides is 1. The smallest absolute Gasteiger partial charge is 0.246 e. The molecule has 4 nitrogen and oxygen atoms in total. The topological polar surface area (TPSA) is 50.4 Å². The van der Waals surface area contributed by atoms with Crippen LogP contribution in [0.25, 0.3) is 0 Å². The summed E-state index contributed by atoms with van der Waals surface area (Å²) in [6.07, 6.45) is 1.09. The molecule has 0 fully saturated rings. The van der Waals surface area contributed by atoms with E-state index in [-0.39, 0.29) is 18.6 Å². The van der Waals surface area contributed by atoms with E-state index in [9.17, 15) is 4.79 Å². The number of likely N-dealkylation sites (N-methyl/N-ethyl adjacent to an activating group) is 1. The number of carbonyl (C=O) groups excluding carboxylic acids is 1. The van der Waals surface area contributed by atoms with Crippen molar-refractivity contribution in [2.24, 2.45) is 5.92 Å². The van der Waals surface area contributed by atoms with E-state index >= 15 is 0 Å². The average molecular weight is 216 g/mol.